The van der Waals surface area contributed by atoms with Crippen LogP contribution in [0, 0.1) is 6.92 Å². The molecule has 14 heavy (non-hydrogen) atoms. The molecule has 5 nitrogen and oxygen atoms in total. The van der Waals surface area contributed by atoms with Gasteiger partial charge in [-0.05, 0) is 6.92 Å². The Labute approximate surface area is 82.0 Å². The van der Waals surface area contributed by atoms with E-state index in [0.717, 1.165) is 18.8 Å². The summed E-state index contributed by atoms with van der Waals surface area (Å²) in [5.41, 5.74) is 1.19. The lowest BCUT2D eigenvalue weighted by Gasteiger charge is -2.27. The third-order valence-electron chi connectivity index (χ3n) is 2.13. The van der Waals surface area contributed by atoms with Crippen molar-refractivity contribution in [2.45, 2.75) is 13.0 Å². The van der Waals surface area contributed by atoms with Crippen LogP contribution in [0.4, 0.5) is 0 Å². The van der Waals surface area contributed by atoms with Gasteiger partial charge in [-0.2, -0.15) is 0 Å². The Kier molecular flexibility index (Phi) is 2.41. The molecule has 2 rings (SSSR count). The van der Waals surface area contributed by atoms with Crippen molar-refractivity contribution >= 4 is 5.91 Å². The zero-order chi connectivity index (χ0) is 9.97. The van der Waals surface area contributed by atoms with Gasteiger partial charge in [0.15, 0.2) is 0 Å². The van der Waals surface area contributed by atoms with Crippen molar-refractivity contribution in [2.24, 2.45) is 0 Å². The molecule has 1 aliphatic rings. The first kappa shape index (κ1) is 9.08. The molecular formula is C9H12N4O. The number of carbonyl (C=O) groups excluding carboxylic acids is 1. The minimum atomic E-state index is -0.149. The highest BCUT2D eigenvalue weighted by atomic mass is 16.2. The minimum Gasteiger partial charge on any atom is -0.345 e. The summed E-state index contributed by atoms with van der Waals surface area (Å²) in [7, 11) is 0. The highest BCUT2D eigenvalue weighted by Crippen LogP contribution is 1.97. The van der Waals surface area contributed by atoms with Crippen LogP contribution < -0.4 is 10.6 Å². The molecule has 0 aromatic carbocycles. The molecule has 0 radical (unpaired) electrons. The van der Waals surface area contributed by atoms with Crippen molar-refractivity contribution in [1.29, 1.82) is 0 Å². The third kappa shape index (κ3) is 1.88. The second-order valence-corrected chi connectivity index (χ2v) is 3.37. The quantitative estimate of drug-likeness (QED) is 0.662. The normalized spacial score (nSPS) is 16.1. The molecule has 1 saturated heterocycles. The summed E-state index contributed by atoms with van der Waals surface area (Å²) >= 11 is 0. The van der Waals surface area contributed by atoms with E-state index in [2.05, 4.69) is 20.6 Å². The Morgan fingerprint density at radius 2 is 2.29 bits per heavy atom. The molecule has 0 saturated carbocycles. The minimum absolute atomic E-state index is 0.149. The van der Waals surface area contributed by atoms with Crippen LogP contribution in [0.2, 0.25) is 0 Å². The zero-order valence-electron chi connectivity index (χ0n) is 7.95. The van der Waals surface area contributed by atoms with E-state index in [-0.39, 0.29) is 11.9 Å². The maximum atomic E-state index is 11.5. The van der Waals surface area contributed by atoms with Gasteiger partial charge < -0.3 is 10.6 Å². The van der Waals surface area contributed by atoms with Gasteiger partial charge in [0.2, 0.25) is 0 Å². The molecule has 1 amide bonds. The van der Waals surface area contributed by atoms with E-state index in [4.69, 9.17) is 0 Å². The molecule has 1 fully saturated rings. The summed E-state index contributed by atoms with van der Waals surface area (Å²) in [4.78, 5) is 19.5. The SMILES string of the molecule is Cc1cnc(C(=O)NC2CNC2)cn1. The van der Waals surface area contributed by atoms with E-state index in [1.165, 1.54) is 6.20 Å². The molecule has 0 unspecified atom stereocenters. The Balaban J connectivity index is 1.99. The number of aromatic nitrogens is 2. The predicted octanol–water partition coefficient (Wildman–Crippen LogP) is -0.513. The highest BCUT2D eigenvalue weighted by Gasteiger charge is 2.19. The number of hydrogen-bond donors (Lipinski definition) is 2. The van der Waals surface area contributed by atoms with Crippen molar-refractivity contribution in [2.75, 3.05) is 13.1 Å². The summed E-state index contributed by atoms with van der Waals surface area (Å²) in [5, 5.41) is 5.92. The van der Waals surface area contributed by atoms with Gasteiger partial charge in [0.25, 0.3) is 5.91 Å². The molecule has 1 aromatic rings. The van der Waals surface area contributed by atoms with E-state index in [0.29, 0.717) is 5.69 Å². The van der Waals surface area contributed by atoms with Crippen molar-refractivity contribution in [3.63, 3.8) is 0 Å². The van der Waals surface area contributed by atoms with E-state index in [1.54, 1.807) is 6.20 Å². The molecule has 0 atom stereocenters. The predicted molar refractivity (Wildman–Crippen MR) is 50.9 cm³/mol. The number of nitrogens with one attached hydrogen (secondary N) is 2. The Bertz CT molecular complexity index is 331. The number of aryl methyl sites for hydroxylation is 1. The van der Waals surface area contributed by atoms with Crippen LogP contribution >= 0.6 is 0 Å². The van der Waals surface area contributed by atoms with Crippen LogP contribution in [0.5, 0.6) is 0 Å². The first-order valence-corrected chi connectivity index (χ1v) is 4.56. The Morgan fingerprint density at radius 3 is 2.79 bits per heavy atom. The molecule has 0 bridgehead atoms. The summed E-state index contributed by atoms with van der Waals surface area (Å²) in [6.07, 6.45) is 3.09. The van der Waals surface area contributed by atoms with Gasteiger partial charge in [0.1, 0.15) is 5.69 Å². The summed E-state index contributed by atoms with van der Waals surface area (Å²) in [5.74, 6) is -0.149. The average molecular weight is 192 g/mol. The van der Waals surface area contributed by atoms with Crippen molar-refractivity contribution in [1.82, 2.24) is 20.6 Å². The number of nitrogens with zero attached hydrogens (tertiary/aromatic N) is 2. The summed E-state index contributed by atoms with van der Waals surface area (Å²) < 4.78 is 0. The van der Waals surface area contributed by atoms with E-state index < -0.39 is 0 Å². The molecule has 5 heteroatoms. The number of carbonyl (C=O) groups is 1. The van der Waals surface area contributed by atoms with Crippen LogP contribution in [-0.2, 0) is 0 Å². The second kappa shape index (κ2) is 3.71. The van der Waals surface area contributed by atoms with Gasteiger partial charge in [-0.15, -0.1) is 0 Å². The number of rotatable bonds is 2. The number of hydrogen-bond acceptors (Lipinski definition) is 4. The first-order valence-electron chi connectivity index (χ1n) is 4.56. The lowest BCUT2D eigenvalue weighted by atomic mass is 10.2. The molecule has 2 heterocycles. The van der Waals surface area contributed by atoms with Crippen molar-refractivity contribution in [3.8, 4) is 0 Å². The van der Waals surface area contributed by atoms with Gasteiger partial charge in [-0.1, -0.05) is 0 Å². The molecule has 74 valence electrons. The first-order chi connectivity index (χ1) is 6.75. The third-order valence-corrected chi connectivity index (χ3v) is 2.13. The van der Waals surface area contributed by atoms with Crippen LogP contribution in [0.25, 0.3) is 0 Å². The van der Waals surface area contributed by atoms with Gasteiger partial charge in [-0.25, -0.2) is 4.98 Å². The lowest BCUT2D eigenvalue weighted by molar-refractivity contribution is 0.0918. The molecule has 1 aromatic heterocycles. The van der Waals surface area contributed by atoms with Crippen LogP contribution in [-0.4, -0.2) is 35.0 Å². The fourth-order valence-corrected chi connectivity index (χ4v) is 1.16. The number of amides is 1. The van der Waals surface area contributed by atoms with E-state index in [9.17, 15) is 4.79 Å². The van der Waals surface area contributed by atoms with E-state index >= 15 is 0 Å². The monoisotopic (exact) mass is 192 g/mol. The maximum absolute atomic E-state index is 11.5. The largest absolute Gasteiger partial charge is 0.345 e. The van der Waals surface area contributed by atoms with Crippen molar-refractivity contribution in [3.05, 3.63) is 23.8 Å². The smallest absolute Gasteiger partial charge is 0.271 e. The van der Waals surface area contributed by atoms with Gasteiger partial charge in [0, 0.05) is 19.3 Å². The maximum Gasteiger partial charge on any atom is 0.271 e. The fraction of sp³-hybridized carbons (Fsp3) is 0.444. The summed E-state index contributed by atoms with van der Waals surface area (Å²) in [6, 6.07) is 0.241. The second-order valence-electron chi connectivity index (χ2n) is 3.37. The average Bonchev–Trinajstić information content (AvgIpc) is 2.12. The van der Waals surface area contributed by atoms with Crippen LogP contribution in [0.3, 0.4) is 0 Å². The van der Waals surface area contributed by atoms with Crippen molar-refractivity contribution < 1.29 is 4.79 Å². The fourth-order valence-electron chi connectivity index (χ4n) is 1.16. The Morgan fingerprint density at radius 1 is 1.50 bits per heavy atom. The topological polar surface area (TPSA) is 66.9 Å². The van der Waals surface area contributed by atoms with E-state index in [1.807, 2.05) is 6.92 Å². The van der Waals surface area contributed by atoms with Gasteiger partial charge in [-0.3, -0.25) is 9.78 Å². The zero-order valence-corrected chi connectivity index (χ0v) is 7.95. The molecule has 0 spiro atoms. The van der Waals surface area contributed by atoms with Crippen LogP contribution in [0.15, 0.2) is 12.4 Å². The molecule has 0 aliphatic carbocycles. The van der Waals surface area contributed by atoms with Crippen LogP contribution in [0.1, 0.15) is 16.2 Å². The molecule has 2 N–H and O–H groups in total. The lowest BCUT2D eigenvalue weighted by Crippen LogP contribution is -2.57. The molecular weight excluding hydrogens is 180 g/mol. The Hall–Kier alpha value is -1.49. The summed E-state index contributed by atoms with van der Waals surface area (Å²) in [6.45, 7) is 3.51. The highest BCUT2D eigenvalue weighted by molar-refractivity contribution is 5.92. The standard InChI is InChI=1S/C9H12N4O/c1-6-2-12-8(5-11-6)9(14)13-7-3-10-4-7/h2,5,7,10H,3-4H2,1H3,(H,13,14). The van der Waals surface area contributed by atoms with Gasteiger partial charge >= 0.3 is 0 Å². The molecule has 1 aliphatic heterocycles. The van der Waals surface area contributed by atoms with Gasteiger partial charge in [0.05, 0.1) is 17.9 Å².